The Morgan fingerprint density at radius 1 is 0.758 bits per heavy atom. The van der Waals surface area contributed by atoms with Crippen LogP contribution >= 0.6 is 0 Å². The molecule has 1 atom stereocenters. The summed E-state index contributed by atoms with van der Waals surface area (Å²) in [5.41, 5.74) is 1.76. The predicted octanol–water partition coefficient (Wildman–Crippen LogP) is 4.97. The molecule has 3 rings (SSSR count). The fourth-order valence-electron chi connectivity index (χ4n) is 4.23. The van der Waals surface area contributed by atoms with Crippen LogP contribution in [0, 0.1) is 5.92 Å². The number of methoxy groups -OCH3 is 4. The highest BCUT2D eigenvalue weighted by Gasteiger charge is 2.42. The smallest absolute Gasteiger partial charge is 0.308 e. The van der Waals surface area contributed by atoms with Crippen LogP contribution in [0.4, 0.5) is 0 Å². The maximum Gasteiger partial charge on any atom is 0.308 e. The Kier molecular flexibility index (Phi) is 7.48. The molecule has 0 aliphatic rings. The minimum atomic E-state index is -0.890. The first-order valence-electron chi connectivity index (χ1n) is 10.6. The first kappa shape index (κ1) is 24.0. The van der Waals surface area contributed by atoms with Gasteiger partial charge in [-0.2, -0.15) is 0 Å². The summed E-state index contributed by atoms with van der Waals surface area (Å²) in [4.78, 5) is 12.7. The molecule has 3 aromatic carbocycles. The van der Waals surface area contributed by atoms with Crippen molar-refractivity contribution in [3.8, 4) is 23.0 Å². The van der Waals surface area contributed by atoms with Crippen molar-refractivity contribution in [1.82, 2.24) is 0 Å². The fraction of sp³-hybridized carbons (Fsp3) is 0.296. The number of carboxylic acid groups (broad SMARTS) is 1. The van der Waals surface area contributed by atoms with Gasteiger partial charge >= 0.3 is 5.97 Å². The number of rotatable bonds is 10. The number of hydrogen-bond acceptors (Lipinski definition) is 5. The van der Waals surface area contributed by atoms with E-state index >= 15 is 0 Å². The van der Waals surface area contributed by atoms with Gasteiger partial charge in [0.15, 0.2) is 11.5 Å². The highest BCUT2D eigenvalue weighted by molar-refractivity contribution is 5.74. The molecule has 3 aromatic rings. The van der Waals surface area contributed by atoms with E-state index in [9.17, 15) is 9.90 Å². The Hall–Kier alpha value is -3.67. The summed E-state index contributed by atoms with van der Waals surface area (Å²) in [6, 6.07) is 20.6. The lowest BCUT2D eigenvalue weighted by Gasteiger charge is -2.37. The average molecular weight is 451 g/mol. The summed E-state index contributed by atoms with van der Waals surface area (Å²) in [6.07, 6.45) is 0.296. The topological polar surface area (TPSA) is 74.2 Å². The molecule has 174 valence electrons. The third-order valence-corrected chi connectivity index (χ3v) is 6.26. The van der Waals surface area contributed by atoms with Gasteiger partial charge < -0.3 is 24.1 Å². The molecule has 0 radical (unpaired) electrons. The van der Waals surface area contributed by atoms with Gasteiger partial charge in [-0.3, -0.25) is 4.79 Å². The zero-order valence-electron chi connectivity index (χ0n) is 19.6. The summed E-state index contributed by atoms with van der Waals surface area (Å²) in [7, 11) is 6.35. The molecule has 0 saturated heterocycles. The average Bonchev–Trinajstić information content (AvgIpc) is 2.86. The minimum Gasteiger partial charge on any atom is -0.497 e. The predicted molar refractivity (Wildman–Crippen MR) is 127 cm³/mol. The molecule has 0 aliphatic carbocycles. The van der Waals surface area contributed by atoms with Crippen LogP contribution in [0.15, 0.2) is 66.7 Å². The molecular formula is C27H30O6. The number of ether oxygens (including phenoxy) is 4. The van der Waals surface area contributed by atoms with Gasteiger partial charge in [-0.1, -0.05) is 37.3 Å². The first-order valence-corrected chi connectivity index (χ1v) is 10.6. The van der Waals surface area contributed by atoms with Crippen molar-refractivity contribution in [2.24, 2.45) is 5.92 Å². The van der Waals surface area contributed by atoms with Crippen molar-refractivity contribution in [3.63, 3.8) is 0 Å². The molecule has 0 aromatic heterocycles. The second-order valence-corrected chi connectivity index (χ2v) is 7.94. The molecule has 0 heterocycles. The Balaban J connectivity index is 2.13. The van der Waals surface area contributed by atoms with Gasteiger partial charge in [-0.05, 0) is 59.5 Å². The third kappa shape index (κ3) is 4.90. The number of hydrogen-bond donors (Lipinski definition) is 1. The molecule has 1 N–H and O–H groups in total. The van der Waals surface area contributed by atoms with E-state index < -0.39 is 17.3 Å². The molecule has 1 unspecified atom stereocenters. The zero-order valence-corrected chi connectivity index (χ0v) is 19.6. The second-order valence-electron chi connectivity index (χ2n) is 7.94. The van der Waals surface area contributed by atoms with Gasteiger partial charge in [0.1, 0.15) is 11.5 Å². The summed E-state index contributed by atoms with van der Waals surface area (Å²) >= 11 is 0. The van der Waals surface area contributed by atoms with Crippen molar-refractivity contribution >= 4 is 5.97 Å². The number of carbonyl (C=O) groups is 1. The van der Waals surface area contributed by atoms with E-state index in [0.717, 1.165) is 16.7 Å². The molecule has 0 saturated carbocycles. The first-order chi connectivity index (χ1) is 15.9. The van der Waals surface area contributed by atoms with Crippen LogP contribution in [0.1, 0.15) is 23.6 Å². The van der Waals surface area contributed by atoms with Gasteiger partial charge in [-0.25, -0.2) is 0 Å². The van der Waals surface area contributed by atoms with E-state index in [-0.39, 0.29) is 0 Å². The Morgan fingerprint density at radius 2 is 1.24 bits per heavy atom. The Bertz CT molecular complexity index is 1030. The maximum absolute atomic E-state index is 12.7. The standard InChI is InChI=1S/C27H30O6/c1-27(19-7-11-21(30-2)12-8-19,20-9-13-22(31-3)14-10-20)23(26(28)29)16-18-6-15-24(32-4)25(17-18)33-5/h6-15,17,23H,16H2,1-5H3,(H,28,29). The third-order valence-electron chi connectivity index (χ3n) is 6.26. The van der Waals surface area contributed by atoms with Crippen molar-refractivity contribution < 1.29 is 28.8 Å². The van der Waals surface area contributed by atoms with E-state index in [0.29, 0.717) is 29.4 Å². The van der Waals surface area contributed by atoms with E-state index in [2.05, 4.69) is 0 Å². The van der Waals surface area contributed by atoms with E-state index in [1.54, 1.807) is 34.5 Å². The largest absolute Gasteiger partial charge is 0.497 e. The molecule has 6 heteroatoms. The molecule has 0 spiro atoms. The highest BCUT2D eigenvalue weighted by atomic mass is 16.5. The van der Waals surface area contributed by atoms with Crippen molar-refractivity contribution in [3.05, 3.63) is 83.4 Å². The summed E-state index contributed by atoms with van der Waals surface area (Å²) in [6.45, 7) is 1.97. The zero-order chi connectivity index (χ0) is 24.0. The molecule has 6 nitrogen and oxygen atoms in total. The van der Waals surface area contributed by atoms with E-state index in [1.807, 2.05) is 67.6 Å². The molecule has 33 heavy (non-hydrogen) atoms. The SMILES string of the molecule is COc1ccc(C(C)(c2ccc(OC)cc2)C(Cc2ccc(OC)c(OC)c2)C(=O)O)cc1. The molecule has 0 bridgehead atoms. The number of benzene rings is 3. The van der Waals surface area contributed by atoms with Gasteiger partial charge in [0, 0.05) is 5.41 Å². The van der Waals surface area contributed by atoms with Crippen LogP contribution in [0.3, 0.4) is 0 Å². The monoisotopic (exact) mass is 450 g/mol. The van der Waals surface area contributed by atoms with Gasteiger partial charge in [0.25, 0.3) is 0 Å². The van der Waals surface area contributed by atoms with Crippen LogP contribution in [-0.4, -0.2) is 39.5 Å². The Labute approximate surface area is 194 Å². The van der Waals surface area contributed by atoms with Crippen LogP contribution in [0.25, 0.3) is 0 Å². The quantitative estimate of drug-likeness (QED) is 0.470. The van der Waals surface area contributed by atoms with Gasteiger partial charge in [0.2, 0.25) is 0 Å². The lowest BCUT2D eigenvalue weighted by Crippen LogP contribution is -2.40. The number of carboxylic acids is 1. The van der Waals surface area contributed by atoms with E-state index in [4.69, 9.17) is 18.9 Å². The van der Waals surface area contributed by atoms with Crippen LogP contribution in [0.5, 0.6) is 23.0 Å². The Morgan fingerprint density at radius 3 is 1.64 bits per heavy atom. The molecule has 0 aliphatic heterocycles. The van der Waals surface area contributed by atoms with Crippen molar-refractivity contribution in [2.75, 3.05) is 28.4 Å². The summed E-state index contributed by atoms with van der Waals surface area (Å²) in [5, 5.41) is 10.4. The number of aliphatic carboxylic acids is 1. The lowest BCUT2D eigenvalue weighted by molar-refractivity contribution is -0.143. The van der Waals surface area contributed by atoms with Crippen molar-refractivity contribution in [1.29, 1.82) is 0 Å². The fourth-order valence-corrected chi connectivity index (χ4v) is 4.23. The molecule has 0 fully saturated rings. The normalized spacial score (nSPS) is 12.0. The van der Waals surface area contributed by atoms with Crippen LogP contribution < -0.4 is 18.9 Å². The maximum atomic E-state index is 12.7. The van der Waals surface area contributed by atoms with Gasteiger partial charge in [0.05, 0.1) is 34.4 Å². The van der Waals surface area contributed by atoms with Crippen LogP contribution in [0.2, 0.25) is 0 Å². The molecule has 0 amide bonds. The lowest BCUT2D eigenvalue weighted by atomic mass is 9.65. The summed E-state index contributed by atoms with van der Waals surface area (Å²) in [5.74, 6) is 0.928. The minimum absolute atomic E-state index is 0.296. The van der Waals surface area contributed by atoms with E-state index in [1.165, 1.54) is 0 Å². The second kappa shape index (κ2) is 10.3. The van der Waals surface area contributed by atoms with Gasteiger partial charge in [-0.15, -0.1) is 0 Å². The van der Waals surface area contributed by atoms with Crippen molar-refractivity contribution in [2.45, 2.75) is 18.8 Å². The molecular weight excluding hydrogens is 420 g/mol. The van der Waals surface area contributed by atoms with Crippen LogP contribution in [-0.2, 0) is 16.6 Å². The highest BCUT2D eigenvalue weighted by Crippen LogP contribution is 2.42. The summed E-state index contributed by atoms with van der Waals surface area (Å²) < 4.78 is 21.4.